The van der Waals surface area contributed by atoms with E-state index in [2.05, 4.69) is 20.6 Å². The van der Waals surface area contributed by atoms with E-state index in [1.165, 1.54) is 23.0 Å². The summed E-state index contributed by atoms with van der Waals surface area (Å²) in [5.41, 5.74) is 1.99. The Morgan fingerprint density at radius 2 is 2.04 bits per heavy atom. The van der Waals surface area contributed by atoms with Crippen LogP contribution < -0.4 is 15.8 Å². The zero-order valence-electron chi connectivity index (χ0n) is 14.4. The Hall–Kier alpha value is -3.13. The number of nitrogens with zero attached hydrogens (tertiary/aromatic N) is 4. The lowest BCUT2D eigenvalue weighted by Crippen LogP contribution is -2.18. The smallest absolute Gasteiger partial charge is 0.264 e. The quantitative estimate of drug-likeness (QED) is 0.732. The minimum absolute atomic E-state index is 0.311. The Bertz CT molecular complexity index is 1000. The molecule has 0 aliphatic carbocycles. The fourth-order valence-corrected chi connectivity index (χ4v) is 2.92. The second-order valence-corrected chi connectivity index (χ2v) is 6.23. The highest BCUT2D eigenvalue weighted by Crippen LogP contribution is 2.32. The predicted octanol–water partition coefficient (Wildman–Crippen LogP) is 2.24. The molecule has 26 heavy (non-hydrogen) atoms. The lowest BCUT2D eigenvalue weighted by atomic mass is 10.2. The highest BCUT2D eigenvalue weighted by Gasteiger charge is 2.18. The maximum absolute atomic E-state index is 12.7. The molecule has 1 aromatic carbocycles. The van der Waals surface area contributed by atoms with Crippen LogP contribution in [0.3, 0.4) is 0 Å². The van der Waals surface area contributed by atoms with E-state index in [0.717, 1.165) is 5.69 Å². The Balaban J connectivity index is 1.92. The van der Waals surface area contributed by atoms with Crippen molar-refractivity contribution in [2.24, 2.45) is 0 Å². The highest BCUT2D eigenvalue weighted by molar-refractivity contribution is 6.34. The van der Waals surface area contributed by atoms with E-state index >= 15 is 0 Å². The van der Waals surface area contributed by atoms with Gasteiger partial charge < -0.3 is 10.2 Å². The number of anilines is 2. The summed E-state index contributed by atoms with van der Waals surface area (Å²) >= 11 is 6.24. The van der Waals surface area contributed by atoms with E-state index in [0.29, 0.717) is 27.8 Å². The number of carbonyl (C=O) groups is 1. The Morgan fingerprint density at radius 3 is 2.69 bits per heavy atom. The zero-order chi connectivity index (χ0) is 18.8. The Kier molecular flexibility index (Phi) is 4.77. The number of hydrogen-bond acceptors (Lipinski definition) is 5. The van der Waals surface area contributed by atoms with Crippen molar-refractivity contribution >= 4 is 28.9 Å². The number of H-pyrrole nitrogens is 1. The number of para-hydroxylation sites is 1. The number of aromatic amines is 1. The molecule has 134 valence electrons. The predicted molar refractivity (Wildman–Crippen MR) is 100 cm³/mol. The van der Waals surface area contributed by atoms with Crippen LogP contribution in [-0.4, -0.2) is 40.0 Å². The van der Waals surface area contributed by atoms with Crippen LogP contribution in [0.2, 0.25) is 5.02 Å². The number of halogens is 1. The highest BCUT2D eigenvalue weighted by atomic mass is 35.5. The average molecular weight is 373 g/mol. The van der Waals surface area contributed by atoms with E-state index in [1.807, 2.05) is 19.0 Å². The Morgan fingerprint density at radius 1 is 1.27 bits per heavy atom. The molecule has 0 fully saturated rings. The van der Waals surface area contributed by atoms with Gasteiger partial charge in [-0.1, -0.05) is 17.7 Å². The standard InChI is InChI=1S/C17H17ClN6O2/c1-10-11(9-19-24(10)14-7-8-15(25)22-21-14)17(26)20-13-6-4-5-12(18)16(13)23(2)3/h4-9H,1-3H3,(H,20,26)(H,22,25). The van der Waals surface area contributed by atoms with Gasteiger partial charge in [0.15, 0.2) is 5.82 Å². The first-order valence-corrected chi connectivity index (χ1v) is 8.14. The van der Waals surface area contributed by atoms with Crippen molar-refractivity contribution in [2.75, 3.05) is 24.3 Å². The van der Waals surface area contributed by atoms with Gasteiger partial charge in [-0.05, 0) is 25.1 Å². The SMILES string of the molecule is Cc1c(C(=O)Nc2cccc(Cl)c2N(C)C)cnn1-c1ccc(=O)[nH]n1. The third-order valence-electron chi connectivity index (χ3n) is 3.82. The van der Waals surface area contributed by atoms with Gasteiger partial charge in [-0.25, -0.2) is 9.78 Å². The molecule has 0 unspecified atom stereocenters. The topological polar surface area (TPSA) is 95.9 Å². The molecule has 3 rings (SSSR count). The Labute approximate surface area is 154 Å². The normalized spacial score (nSPS) is 10.6. The number of carbonyl (C=O) groups excluding carboxylic acids is 1. The maximum atomic E-state index is 12.7. The van der Waals surface area contributed by atoms with Gasteiger partial charge >= 0.3 is 0 Å². The monoisotopic (exact) mass is 372 g/mol. The molecule has 0 aliphatic heterocycles. The van der Waals surface area contributed by atoms with Crippen LogP contribution in [0.4, 0.5) is 11.4 Å². The summed E-state index contributed by atoms with van der Waals surface area (Å²) in [4.78, 5) is 25.7. The first kappa shape index (κ1) is 17.7. The van der Waals surface area contributed by atoms with Gasteiger partial charge in [0, 0.05) is 20.2 Å². The number of nitrogens with one attached hydrogen (secondary N) is 2. The summed E-state index contributed by atoms with van der Waals surface area (Å²) in [6.07, 6.45) is 1.46. The lowest BCUT2D eigenvalue weighted by Gasteiger charge is -2.19. The van der Waals surface area contributed by atoms with E-state index in [4.69, 9.17) is 11.6 Å². The molecule has 8 nitrogen and oxygen atoms in total. The lowest BCUT2D eigenvalue weighted by molar-refractivity contribution is 0.102. The van der Waals surface area contributed by atoms with Crippen LogP contribution in [0.15, 0.2) is 41.3 Å². The number of benzene rings is 1. The van der Waals surface area contributed by atoms with Gasteiger partial charge in [-0.2, -0.15) is 10.2 Å². The van der Waals surface area contributed by atoms with Gasteiger partial charge in [0.05, 0.1) is 33.9 Å². The third-order valence-corrected chi connectivity index (χ3v) is 4.12. The van der Waals surface area contributed by atoms with Gasteiger partial charge in [-0.15, -0.1) is 0 Å². The summed E-state index contributed by atoms with van der Waals surface area (Å²) in [7, 11) is 3.70. The van der Waals surface area contributed by atoms with Crippen LogP contribution >= 0.6 is 11.6 Å². The molecule has 2 heterocycles. The zero-order valence-corrected chi connectivity index (χ0v) is 15.2. The van der Waals surface area contributed by atoms with Gasteiger partial charge in [0.1, 0.15) is 0 Å². The molecule has 9 heteroatoms. The largest absolute Gasteiger partial charge is 0.375 e. The summed E-state index contributed by atoms with van der Waals surface area (Å²) in [6.45, 7) is 1.75. The third kappa shape index (κ3) is 3.31. The number of rotatable bonds is 4. The van der Waals surface area contributed by atoms with Crippen molar-refractivity contribution in [1.82, 2.24) is 20.0 Å². The average Bonchev–Trinajstić information content (AvgIpc) is 2.97. The van der Waals surface area contributed by atoms with E-state index in [9.17, 15) is 9.59 Å². The summed E-state index contributed by atoms with van der Waals surface area (Å²) < 4.78 is 1.48. The first-order valence-electron chi connectivity index (χ1n) is 7.76. The second-order valence-electron chi connectivity index (χ2n) is 5.82. The van der Waals surface area contributed by atoms with Crippen molar-refractivity contribution in [1.29, 1.82) is 0 Å². The van der Waals surface area contributed by atoms with Crippen molar-refractivity contribution < 1.29 is 4.79 Å². The number of aromatic nitrogens is 4. The molecule has 0 aliphatic rings. The van der Waals surface area contributed by atoms with Crippen molar-refractivity contribution in [2.45, 2.75) is 6.92 Å². The van der Waals surface area contributed by atoms with Crippen LogP contribution in [0.5, 0.6) is 0 Å². The van der Waals surface area contributed by atoms with Crippen molar-refractivity contribution in [3.05, 3.63) is 63.2 Å². The van der Waals surface area contributed by atoms with Gasteiger partial charge in [-0.3, -0.25) is 9.59 Å². The molecule has 1 amide bonds. The van der Waals surface area contributed by atoms with Gasteiger partial charge in [0.25, 0.3) is 11.5 Å². The molecule has 0 saturated heterocycles. The molecule has 3 aromatic rings. The minimum atomic E-state index is -0.316. The fourth-order valence-electron chi connectivity index (χ4n) is 2.58. The molecule has 0 saturated carbocycles. The van der Waals surface area contributed by atoms with E-state index in [-0.39, 0.29) is 11.5 Å². The van der Waals surface area contributed by atoms with Crippen LogP contribution in [0.1, 0.15) is 16.1 Å². The summed E-state index contributed by atoms with van der Waals surface area (Å²) in [5.74, 6) is 0.0985. The molecule has 0 atom stereocenters. The van der Waals surface area contributed by atoms with Crippen LogP contribution in [0.25, 0.3) is 5.82 Å². The second kappa shape index (κ2) is 7.01. The van der Waals surface area contributed by atoms with Crippen LogP contribution in [-0.2, 0) is 0 Å². The van der Waals surface area contributed by atoms with Crippen LogP contribution in [0, 0.1) is 6.92 Å². The number of hydrogen-bond donors (Lipinski definition) is 2. The van der Waals surface area contributed by atoms with Crippen molar-refractivity contribution in [3.63, 3.8) is 0 Å². The molecule has 0 radical (unpaired) electrons. The van der Waals surface area contributed by atoms with E-state index in [1.54, 1.807) is 25.1 Å². The minimum Gasteiger partial charge on any atom is -0.375 e. The summed E-state index contributed by atoms with van der Waals surface area (Å²) in [6, 6.07) is 8.19. The van der Waals surface area contributed by atoms with E-state index < -0.39 is 0 Å². The molecule has 2 aromatic heterocycles. The molecule has 0 bridgehead atoms. The molecular formula is C17H17ClN6O2. The van der Waals surface area contributed by atoms with Crippen molar-refractivity contribution in [3.8, 4) is 5.82 Å². The first-order chi connectivity index (χ1) is 12.4. The molecule has 2 N–H and O–H groups in total. The number of amides is 1. The maximum Gasteiger partial charge on any atom is 0.264 e. The van der Waals surface area contributed by atoms with Gasteiger partial charge in [0.2, 0.25) is 0 Å². The molecule has 0 spiro atoms. The fraction of sp³-hybridized carbons (Fsp3) is 0.176. The molecular weight excluding hydrogens is 356 g/mol. The summed E-state index contributed by atoms with van der Waals surface area (Å²) in [5, 5.41) is 13.9.